The second kappa shape index (κ2) is 4.20. The fourth-order valence-corrected chi connectivity index (χ4v) is 3.39. The molecule has 0 aromatic carbocycles. The van der Waals surface area contributed by atoms with E-state index in [2.05, 4.69) is 0 Å². The zero-order chi connectivity index (χ0) is 13.7. The van der Waals surface area contributed by atoms with Gasteiger partial charge in [0.05, 0.1) is 6.10 Å². The molecule has 1 N–H and O–H groups in total. The molecule has 0 spiro atoms. The highest BCUT2D eigenvalue weighted by atomic mass is 32.2. The van der Waals surface area contributed by atoms with Crippen molar-refractivity contribution in [1.82, 2.24) is 4.90 Å². The number of carbonyl (C=O) groups excluding carboxylic acids is 1. The Labute approximate surface area is 108 Å². The number of sulfone groups is 1. The lowest BCUT2D eigenvalue weighted by Gasteiger charge is -2.28. The van der Waals surface area contributed by atoms with E-state index < -0.39 is 14.6 Å². The lowest BCUT2D eigenvalue weighted by molar-refractivity contribution is -0.132. The zero-order valence-corrected chi connectivity index (χ0v) is 11.9. The SMILES string of the molecule is CC(C)(C(=O)N1CC2CCC(O)C2C1)S(C)(=O)=O. The molecule has 1 saturated heterocycles. The minimum atomic E-state index is -3.43. The van der Waals surface area contributed by atoms with Gasteiger partial charge in [-0.1, -0.05) is 0 Å². The maximum atomic E-state index is 12.3. The normalized spacial score (nSPS) is 32.7. The van der Waals surface area contributed by atoms with Crippen molar-refractivity contribution < 1.29 is 18.3 Å². The lowest BCUT2D eigenvalue weighted by Crippen LogP contribution is -2.49. The quantitative estimate of drug-likeness (QED) is 0.772. The second-order valence-corrected chi connectivity index (χ2v) is 8.63. The zero-order valence-electron chi connectivity index (χ0n) is 11.1. The van der Waals surface area contributed by atoms with E-state index >= 15 is 0 Å². The van der Waals surface area contributed by atoms with Gasteiger partial charge in [0.1, 0.15) is 4.75 Å². The lowest BCUT2D eigenvalue weighted by atomic mass is 10.00. The molecule has 3 unspecified atom stereocenters. The summed E-state index contributed by atoms with van der Waals surface area (Å²) < 4.78 is 22.0. The fourth-order valence-electron chi connectivity index (χ4n) is 2.94. The summed E-state index contributed by atoms with van der Waals surface area (Å²) in [7, 11) is -3.43. The van der Waals surface area contributed by atoms with Gasteiger partial charge in [0.2, 0.25) is 5.91 Å². The van der Waals surface area contributed by atoms with Crippen molar-refractivity contribution in [1.29, 1.82) is 0 Å². The summed E-state index contributed by atoms with van der Waals surface area (Å²) >= 11 is 0. The van der Waals surface area contributed by atoms with Crippen LogP contribution >= 0.6 is 0 Å². The van der Waals surface area contributed by atoms with Crippen LogP contribution in [0.2, 0.25) is 0 Å². The number of amides is 1. The van der Waals surface area contributed by atoms with E-state index in [-0.39, 0.29) is 17.9 Å². The first kappa shape index (κ1) is 13.8. The van der Waals surface area contributed by atoms with E-state index in [1.807, 2.05) is 0 Å². The minimum Gasteiger partial charge on any atom is -0.393 e. The van der Waals surface area contributed by atoms with Crippen molar-refractivity contribution in [2.45, 2.75) is 37.5 Å². The highest BCUT2D eigenvalue weighted by Crippen LogP contribution is 2.39. The smallest absolute Gasteiger partial charge is 0.243 e. The van der Waals surface area contributed by atoms with Gasteiger partial charge in [-0.2, -0.15) is 0 Å². The number of aliphatic hydroxyl groups excluding tert-OH is 1. The molecule has 0 aromatic rings. The average molecular weight is 275 g/mol. The summed E-state index contributed by atoms with van der Waals surface area (Å²) in [5.41, 5.74) is 0. The number of fused-ring (bicyclic) bond motifs is 1. The number of rotatable bonds is 2. The van der Waals surface area contributed by atoms with Gasteiger partial charge < -0.3 is 10.0 Å². The predicted molar refractivity (Wildman–Crippen MR) is 67.7 cm³/mol. The molecule has 1 aliphatic heterocycles. The molecule has 18 heavy (non-hydrogen) atoms. The number of hydrogen-bond acceptors (Lipinski definition) is 4. The first-order valence-electron chi connectivity index (χ1n) is 6.31. The number of likely N-dealkylation sites (tertiary alicyclic amines) is 1. The molecule has 1 aliphatic carbocycles. The van der Waals surface area contributed by atoms with E-state index in [1.54, 1.807) is 4.90 Å². The van der Waals surface area contributed by atoms with Crippen LogP contribution in [0.1, 0.15) is 26.7 Å². The minimum absolute atomic E-state index is 0.129. The third-order valence-electron chi connectivity index (χ3n) is 4.55. The summed E-state index contributed by atoms with van der Waals surface area (Å²) in [6.07, 6.45) is 2.48. The van der Waals surface area contributed by atoms with Crippen LogP contribution in [0.4, 0.5) is 0 Å². The van der Waals surface area contributed by atoms with Crippen LogP contribution in [0.25, 0.3) is 0 Å². The molecule has 0 radical (unpaired) electrons. The van der Waals surface area contributed by atoms with Crippen molar-refractivity contribution >= 4 is 15.7 Å². The molecule has 1 heterocycles. The van der Waals surface area contributed by atoms with Gasteiger partial charge in [0.25, 0.3) is 0 Å². The van der Waals surface area contributed by atoms with Crippen molar-refractivity contribution in [2.24, 2.45) is 11.8 Å². The Morgan fingerprint density at radius 3 is 2.39 bits per heavy atom. The Bertz CT molecular complexity index is 457. The van der Waals surface area contributed by atoms with Crippen molar-refractivity contribution in [2.75, 3.05) is 19.3 Å². The van der Waals surface area contributed by atoms with E-state index in [0.29, 0.717) is 19.0 Å². The topological polar surface area (TPSA) is 74.7 Å². The molecule has 104 valence electrons. The van der Waals surface area contributed by atoms with Gasteiger partial charge in [0.15, 0.2) is 9.84 Å². The monoisotopic (exact) mass is 275 g/mol. The Hall–Kier alpha value is -0.620. The van der Waals surface area contributed by atoms with Gasteiger partial charge in [-0.05, 0) is 32.6 Å². The largest absolute Gasteiger partial charge is 0.393 e. The second-order valence-electron chi connectivity index (χ2n) is 6.06. The summed E-state index contributed by atoms with van der Waals surface area (Å²) in [6, 6.07) is 0. The molecular weight excluding hydrogens is 254 g/mol. The molecule has 1 saturated carbocycles. The van der Waals surface area contributed by atoms with E-state index in [4.69, 9.17) is 0 Å². The summed E-state index contributed by atoms with van der Waals surface area (Å²) in [4.78, 5) is 13.9. The van der Waals surface area contributed by atoms with Gasteiger partial charge in [-0.3, -0.25) is 4.79 Å². The maximum absolute atomic E-state index is 12.3. The number of nitrogens with zero attached hydrogens (tertiary/aromatic N) is 1. The van der Waals surface area contributed by atoms with Gasteiger partial charge in [0, 0.05) is 25.3 Å². The molecular formula is C12H21NO4S. The Kier molecular flexibility index (Phi) is 3.22. The molecule has 3 atom stereocenters. The van der Waals surface area contributed by atoms with E-state index in [0.717, 1.165) is 19.1 Å². The maximum Gasteiger partial charge on any atom is 0.243 e. The highest BCUT2D eigenvalue weighted by molar-refractivity contribution is 7.92. The van der Waals surface area contributed by atoms with Crippen LogP contribution in [0, 0.1) is 11.8 Å². The predicted octanol–water partition coefficient (Wildman–Crippen LogP) is 0.0389. The van der Waals surface area contributed by atoms with E-state index in [1.165, 1.54) is 13.8 Å². The van der Waals surface area contributed by atoms with Crippen LogP contribution in [0.5, 0.6) is 0 Å². The number of hydrogen-bond donors (Lipinski definition) is 1. The number of carbonyl (C=O) groups is 1. The molecule has 2 rings (SSSR count). The molecule has 5 nitrogen and oxygen atoms in total. The van der Waals surface area contributed by atoms with Crippen molar-refractivity contribution in [3.8, 4) is 0 Å². The highest BCUT2D eigenvalue weighted by Gasteiger charge is 2.48. The van der Waals surface area contributed by atoms with Crippen LogP contribution in [-0.2, 0) is 14.6 Å². The first-order valence-corrected chi connectivity index (χ1v) is 8.21. The molecule has 0 bridgehead atoms. The van der Waals surface area contributed by atoms with Gasteiger partial charge in [-0.15, -0.1) is 0 Å². The van der Waals surface area contributed by atoms with E-state index in [9.17, 15) is 18.3 Å². The number of aliphatic hydroxyl groups is 1. The average Bonchev–Trinajstić information content (AvgIpc) is 2.78. The fraction of sp³-hybridized carbons (Fsp3) is 0.917. The summed E-state index contributed by atoms with van der Waals surface area (Å²) in [5, 5.41) is 9.81. The molecule has 2 aliphatic rings. The van der Waals surface area contributed by atoms with Crippen LogP contribution in [-0.4, -0.2) is 54.5 Å². The van der Waals surface area contributed by atoms with Crippen LogP contribution in [0.15, 0.2) is 0 Å². The van der Waals surface area contributed by atoms with Crippen molar-refractivity contribution in [3.63, 3.8) is 0 Å². The standard InChI is InChI=1S/C12H21NO4S/c1-12(2,18(3,16)17)11(15)13-6-8-4-5-10(14)9(8)7-13/h8-10,14H,4-7H2,1-3H3. The molecule has 0 aromatic heterocycles. The Morgan fingerprint density at radius 1 is 1.28 bits per heavy atom. The Morgan fingerprint density at radius 2 is 1.89 bits per heavy atom. The van der Waals surface area contributed by atoms with Gasteiger partial charge in [-0.25, -0.2) is 8.42 Å². The third-order valence-corrected chi connectivity index (χ3v) is 6.58. The summed E-state index contributed by atoms with van der Waals surface area (Å²) in [5.74, 6) is 0.121. The third kappa shape index (κ3) is 2.05. The molecule has 2 fully saturated rings. The first-order chi connectivity index (χ1) is 8.14. The van der Waals surface area contributed by atoms with Crippen LogP contribution < -0.4 is 0 Å². The van der Waals surface area contributed by atoms with Gasteiger partial charge >= 0.3 is 0 Å². The summed E-state index contributed by atoms with van der Waals surface area (Å²) in [6.45, 7) is 3.98. The molecule has 1 amide bonds. The molecule has 6 heteroatoms. The Balaban J connectivity index is 2.14. The van der Waals surface area contributed by atoms with Crippen LogP contribution in [0.3, 0.4) is 0 Å². The van der Waals surface area contributed by atoms with Crippen molar-refractivity contribution in [3.05, 3.63) is 0 Å².